The summed E-state index contributed by atoms with van der Waals surface area (Å²) in [6.45, 7) is 4.20. The Morgan fingerprint density at radius 3 is 2.59 bits per heavy atom. The standard InChI is InChI=1S/C14H21ClN2O4S/c1-9(2)12-13-10(17(14(12)19)22(3,20)21)6-8-16(13)11(18)5-4-7-15/h4-5,9-10,12-13H,6-8H2,1-3H3/b5-4+/t10-,12+,13-/m0/s1. The third-order valence-corrected chi connectivity index (χ3v) is 5.64. The third kappa shape index (κ3) is 2.88. The van der Waals surface area contributed by atoms with E-state index >= 15 is 0 Å². The van der Waals surface area contributed by atoms with Gasteiger partial charge >= 0.3 is 0 Å². The molecule has 0 N–H and O–H groups in total. The number of rotatable bonds is 4. The minimum Gasteiger partial charge on any atom is -0.333 e. The number of hydrogen-bond donors (Lipinski definition) is 0. The number of amides is 2. The summed E-state index contributed by atoms with van der Waals surface area (Å²) >= 11 is 5.55. The molecule has 2 amide bonds. The number of alkyl halides is 1. The zero-order valence-corrected chi connectivity index (χ0v) is 14.5. The van der Waals surface area contributed by atoms with Crippen LogP contribution in [0.5, 0.6) is 0 Å². The van der Waals surface area contributed by atoms with Gasteiger partial charge in [0.05, 0.1) is 24.3 Å². The van der Waals surface area contributed by atoms with Gasteiger partial charge in [0.25, 0.3) is 0 Å². The van der Waals surface area contributed by atoms with Gasteiger partial charge < -0.3 is 4.90 Å². The van der Waals surface area contributed by atoms with Gasteiger partial charge in [-0.2, -0.15) is 0 Å². The van der Waals surface area contributed by atoms with Crippen LogP contribution in [0, 0.1) is 11.8 Å². The minimum atomic E-state index is -3.63. The van der Waals surface area contributed by atoms with Crippen LogP contribution in [0.2, 0.25) is 0 Å². The van der Waals surface area contributed by atoms with Crippen molar-refractivity contribution in [3.05, 3.63) is 12.2 Å². The second-order valence-corrected chi connectivity index (χ2v) is 8.27. The van der Waals surface area contributed by atoms with Crippen molar-refractivity contribution in [2.75, 3.05) is 18.7 Å². The quantitative estimate of drug-likeness (QED) is 0.557. The first-order chi connectivity index (χ1) is 10.2. The Morgan fingerprint density at radius 1 is 1.45 bits per heavy atom. The predicted octanol–water partition coefficient (Wildman–Crippen LogP) is 0.825. The molecule has 6 nitrogen and oxygen atoms in total. The van der Waals surface area contributed by atoms with Crippen molar-refractivity contribution in [1.82, 2.24) is 9.21 Å². The molecule has 0 aliphatic carbocycles. The fraction of sp³-hybridized carbons (Fsp3) is 0.714. The Kier molecular flexibility index (Phi) is 4.87. The lowest BCUT2D eigenvalue weighted by Gasteiger charge is -2.28. The van der Waals surface area contributed by atoms with Crippen molar-refractivity contribution in [2.45, 2.75) is 32.4 Å². The lowest BCUT2D eigenvalue weighted by atomic mass is 9.88. The third-order valence-electron chi connectivity index (χ3n) is 4.30. The van der Waals surface area contributed by atoms with Crippen LogP contribution in [0.15, 0.2) is 12.2 Å². The molecule has 2 aliphatic rings. The molecule has 2 saturated heterocycles. The summed E-state index contributed by atoms with van der Waals surface area (Å²) in [5.41, 5.74) is 0. The van der Waals surface area contributed by atoms with Crippen LogP contribution in [-0.2, 0) is 19.6 Å². The van der Waals surface area contributed by atoms with Gasteiger partial charge in [-0.1, -0.05) is 19.9 Å². The summed E-state index contributed by atoms with van der Waals surface area (Å²) in [5.74, 6) is -0.920. The summed E-state index contributed by atoms with van der Waals surface area (Å²) in [6.07, 6.45) is 4.46. The molecule has 0 saturated carbocycles. The van der Waals surface area contributed by atoms with Crippen LogP contribution in [-0.4, -0.2) is 60.2 Å². The van der Waals surface area contributed by atoms with Crippen LogP contribution in [0.25, 0.3) is 0 Å². The average Bonchev–Trinajstić information content (AvgIpc) is 2.90. The van der Waals surface area contributed by atoms with Crippen molar-refractivity contribution in [3.63, 3.8) is 0 Å². The van der Waals surface area contributed by atoms with Gasteiger partial charge in [-0.15, -0.1) is 11.6 Å². The highest BCUT2D eigenvalue weighted by molar-refractivity contribution is 7.88. The van der Waals surface area contributed by atoms with E-state index in [1.54, 1.807) is 11.0 Å². The molecule has 8 heteroatoms. The number of carbonyl (C=O) groups excluding carboxylic acids is 2. The molecule has 0 unspecified atom stereocenters. The van der Waals surface area contributed by atoms with Gasteiger partial charge in [0, 0.05) is 18.5 Å². The van der Waals surface area contributed by atoms with E-state index in [1.165, 1.54) is 6.08 Å². The Bertz CT molecular complexity index is 602. The van der Waals surface area contributed by atoms with Crippen LogP contribution < -0.4 is 0 Å². The van der Waals surface area contributed by atoms with Crippen molar-refractivity contribution in [3.8, 4) is 0 Å². The summed E-state index contributed by atoms with van der Waals surface area (Å²) in [5, 5.41) is 0. The fourth-order valence-corrected chi connectivity index (χ4v) is 4.79. The second-order valence-electron chi connectivity index (χ2n) is 6.10. The summed E-state index contributed by atoms with van der Waals surface area (Å²) in [4.78, 5) is 26.5. The number of likely N-dealkylation sites (tertiary alicyclic amines) is 1. The van der Waals surface area contributed by atoms with Gasteiger partial charge in [-0.05, 0) is 12.3 Å². The molecule has 0 aromatic rings. The molecule has 22 heavy (non-hydrogen) atoms. The lowest BCUT2D eigenvalue weighted by Crippen LogP contribution is -2.43. The molecule has 3 atom stereocenters. The van der Waals surface area contributed by atoms with E-state index in [2.05, 4.69) is 0 Å². The summed E-state index contributed by atoms with van der Waals surface area (Å²) in [6, 6.07) is -0.849. The van der Waals surface area contributed by atoms with Gasteiger partial charge in [0.15, 0.2) is 0 Å². The maximum Gasteiger partial charge on any atom is 0.246 e. The van der Waals surface area contributed by atoms with Gasteiger partial charge in [0.2, 0.25) is 21.8 Å². The van der Waals surface area contributed by atoms with Crippen LogP contribution in [0.3, 0.4) is 0 Å². The highest BCUT2D eigenvalue weighted by Crippen LogP contribution is 2.41. The van der Waals surface area contributed by atoms with Gasteiger partial charge in [-0.3, -0.25) is 9.59 Å². The minimum absolute atomic E-state index is 0.0443. The molecule has 0 aromatic carbocycles. The topological polar surface area (TPSA) is 74.8 Å². The maximum absolute atomic E-state index is 12.6. The molecule has 0 radical (unpaired) electrons. The molecule has 0 bridgehead atoms. The molecule has 2 aliphatic heterocycles. The number of carbonyl (C=O) groups is 2. The first-order valence-corrected chi connectivity index (χ1v) is 9.64. The second kappa shape index (κ2) is 6.20. The monoisotopic (exact) mass is 348 g/mol. The van der Waals surface area contributed by atoms with E-state index in [-0.39, 0.29) is 17.7 Å². The van der Waals surface area contributed by atoms with Crippen molar-refractivity contribution in [1.29, 1.82) is 0 Å². The molecule has 0 aromatic heterocycles. The van der Waals surface area contributed by atoms with E-state index < -0.39 is 33.9 Å². The Labute approximate surface area is 136 Å². The van der Waals surface area contributed by atoms with Crippen molar-refractivity contribution < 1.29 is 18.0 Å². The number of nitrogens with zero attached hydrogens (tertiary/aromatic N) is 2. The van der Waals surface area contributed by atoms with E-state index in [9.17, 15) is 18.0 Å². The number of allylic oxidation sites excluding steroid dienone is 1. The van der Waals surface area contributed by atoms with Gasteiger partial charge in [-0.25, -0.2) is 12.7 Å². The van der Waals surface area contributed by atoms with Crippen molar-refractivity contribution >= 4 is 33.4 Å². The first kappa shape index (κ1) is 17.3. The zero-order valence-electron chi connectivity index (χ0n) is 12.9. The predicted molar refractivity (Wildman–Crippen MR) is 83.8 cm³/mol. The zero-order chi connectivity index (χ0) is 16.7. The molecular formula is C14H21ClN2O4S. The molecule has 2 fully saturated rings. The largest absolute Gasteiger partial charge is 0.333 e. The fourth-order valence-electron chi connectivity index (χ4n) is 3.53. The highest BCUT2D eigenvalue weighted by Gasteiger charge is 2.58. The van der Waals surface area contributed by atoms with Crippen LogP contribution in [0.4, 0.5) is 0 Å². The lowest BCUT2D eigenvalue weighted by molar-refractivity contribution is -0.131. The summed E-state index contributed by atoms with van der Waals surface area (Å²) < 4.78 is 24.9. The normalized spacial score (nSPS) is 29.0. The van der Waals surface area contributed by atoms with E-state index in [1.807, 2.05) is 13.8 Å². The average molecular weight is 349 g/mol. The van der Waals surface area contributed by atoms with Crippen LogP contribution in [0.1, 0.15) is 20.3 Å². The Morgan fingerprint density at radius 2 is 2.09 bits per heavy atom. The molecule has 124 valence electrons. The first-order valence-electron chi connectivity index (χ1n) is 7.26. The molecule has 2 heterocycles. The highest BCUT2D eigenvalue weighted by atomic mass is 35.5. The van der Waals surface area contributed by atoms with E-state index in [0.29, 0.717) is 13.0 Å². The number of halogens is 1. The van der Waals surface area contributed by atoms with E-state index in [0.717, 1.165) is 10.6 Å². The number of fused-ring (bicyclic) bond motifs is 1. The SMILES string of the molecule is CC(C)[C@H]1C(=O)N(S(C)(=O)=O)[C@H]2CCN(C(=O)/C=C/CCl)[C@H]12. The maximum atomic E-state index is 12.6. The number of sulfonamides is 1. The van der Waals surface area contributed by atoms with E-state index in [4.69, 9.17) is 11.6 Å². The molecule has 0 spiro atoms. The Balaban J connectivity index is 2.39. The smallest absolute Gasteiger partial charge is 0.246 e. The van der Waals surface area contributed by atoms with Gasteiger partial charge in [0.1, 0.15) is 0 Å². The van der Waals surface area contributed by atoms with Crippen molar-refractivity contribution in [2.24, 2.45) is 11.8 Å². The molecule has 2 rings (SSSR count). The molecular weight excluding hydrogens is 328 g/mol. The van der Waals surface area contributed by atoms with Crippen LogP contribution >= 0.6 is 11.6 Å². The number of hydrogen-bond acceptors (Lipinski definition) is 4. The Hall–Kier alpha value is -1.08. The summed E-state index contributed by atoms with van der Waals surface area (Å²) in [7, 11) is -3.63.